The first kappa shape index (κ1) is 29.0. The number of hydrogen-bond acceptors (Lipinski definition) is 4. The molecule has 0 saturated carbocycles. The lowest BCUT2D eigenvalue weighted by atomic mass is 10.1. The molecule has 0 fully saturated rings. The number of rotatable bonds is 6. The highest BCUT2D eigenvalue weighted by atomic mass is 32.1. The number of nitrogens with zero attached hydrogens (tertiary/aromatic N) is 2. The van der Waals surface area contributed by atoms with E-state index >= 15 is 0 Å². The van der Waals surface area contributed by atoms with E-state index in [1.807, 2.05) is 22.7 Å². The first-order chi connectivity index (χ1) is 24.8. The third kappa shape index (κ3) is 4.84. The molecule has 0 saturated heterocycles. The van der Waals surface area contributed by atoms with E-state index in [0.717, 1.165) is 28.4 Å². The van der Waals surface area contributed by atoms with Crippen molar-refractivity contribution in [3.8, 4) is 0 Å². The van der Waals surface area contributed by atoms with Gasteiger partial charge in [0.1, 0.15) is 0 Å². The molecular formula is C46H30N2S2. The molecule has 2 aromatic heterocycles. The van der Waals surface area contributed by atoms with E-state index in [1.165, 1.54) is 56.8 Å². The fourth-order valence-electron chi connectivity index (χ4n) is 7.32. The molecule has 0 amide bonds. The molecule has 50 heavy (non-hydrogen) atoms. The van der Waals surface area contributed by atoms with E-state index in [9.17, 15) is 0 Å². The lowest BCUT2D eigenvalue weighted by Crippen LogP contribution is -2.10. The molecule has 0 atom stereocenters. The third-order valence-corrected chi connectivity index (χ3v) is 11.9. The number of anilines is 6. The van der Waals surface area contributed by atoms with Crippen molar-refractivity contribution in [2.75, 3.05) is 9.80 Å². The van der Waals surface area contributed by atoms with E-state index in [0.29, 0.717) is 0 Å². The molecule has 0 aliphatic carbocycles. The van der Waals surface area contributed by atoms with E-state index in [2.05, 4.69) is 192 Å². The Labute approximate surface area is 298 Å². The van der Waals surface area contributed by atoms with Gasteiger partial charge in [-0.05, 0) is 84.2 Å². The molecule has 0 bridgehead atoms. The summed E-state index contributed by atoms with van der Waals surface area (Å²) in [4.78, 5) is 4.78. The van der Waals surface area contributed by atoms with Crippen LogP contribution in [0.3, 0.4) is 0 Å². The van der Waals surface area contributed by atoms with Crippen molar-refractivity contribution in [2.24, 2.45) is 0 Å². The van der Waals surface area contributed by atoms with Crippen molar-refractivity contribution in [1.29, 1.82) is 0 Å². The third-order valence-electron chi connectivity index (χ3n) is 9.61. The Morgan fingerprint density at radius 1 is 0.280 bits per heavy atom. The maximum absolute atomic E-state index is 2.44. The second-order valence-electron chi connectivity index (χ2n) is 12.6. The summed E-state index contributed by atoms with van der Waals surface area (Å²) in [5, 5.41) is 7.64. The van der Waals surface area contributed by atoms with E-state index in [-0.39, 0.29) is 0 Å². The monoisotopic (exact) mass is 674 g/mol. The van der Waals surface area contributed by atoms with Gasteiger partial charge in [0.15, 0.2) is 0 Å². The van der Waals surface area contributed by atoms with Gasteiger partial charge in [-0.25, -0.2) is 0 Å². The second kappa shape index (κ2) is 11.9. The Kier molecular flexibility index (Phi) is 6.90. The Morgan fingerprint density at radius 2 is 0.780 bits per heavy atom. The molecule has 0 aliphatic rings. The number of benzene rings is 8. The molecule has 0 radical (unpaired) electrons. The summed E-state index contributed by atoms with van der Waals surface area (Å²) in [5.74, 6) is 0. The molecule has 2 heterocycles. The zero-order chi connectivity index (χ0) is 33.0. The highest BCUT2D eigenvalue weighted by Crippen LogP contribution is 2.46. The molecule has 10 aromatic rings. The summed E-state index contributed by atoms with van der Waals surface area (Å²) in [6, 6.07) is 66.1. The number of thiophene rings is 2. The highest BCUT2D eigenvalue weighted by Gasteiger charge is 2.19. The zero-order valence-electron chi connectivity index (χ0n) is 27.0. The van der Waals surface area contributed by atoms with Gasteiger partial charge in [-0.2, -0.15) is 0 Å². The molecule has 0 aliphatic heterocycles. The van der Waals surface area contributed by atoms with E-state index in [1.54, 1.807) is 0 Å². The minimum atomic E-state index is 1.14. The van der Waals surface area contributed by atoms with Gasteiger partial charge in [0.05, 0.1) is 5.69 Å². The summed E-state index contributed by atoms with van der Waals surface area (Å²) in [5.41, 5.74) is 6.91. The standard InChI is InChI=1S/C46H30N2S2/c1-3-14-32(15-4-1)47(33-16-5-2-6-17-33)34-24-27-44-41(28-34)40-26-23-36(30-46(40)50-44)48(42-20-11-13-31-12-7-8-18-37(31)42)35-22-25-39-38-19-9-10-21-43(38)49-45(39)29-35/h1-30H. The van der Waals surface area contributed by atoms with Crippen LogP contribution in [-0.2, 0) is 0 Å². The van der Waals surface area contributed by atoms with Crippen LogP contribution in [0.4, 0.5) is 34.1 Å². The first-order valence-corrected chi connectivity index (χ1v) is 18.5. The Balaban J connectivity index is 1.14. The smallest absolute Gasteiger partial charge is 0.0540 e. The van der Waals surface area contributed by atoms with Gasteiger partial charge < -0.3 is 9.80 Å². The number of para-hydroxylation sites is 2. The summed E-state index contributed by atoms with van der Waals surface area (Å²) in [7, 11) is 0. The normalized spacial score (nSPS) is 11.6. The largest absolute Gasteiger partial charge is 0.310 e. The SMILES string of the molecule is c1ccc(N(c2ccccc2)c2ccc3sc4cc(N(c5ccc6c(c5)sc5ccccc56)c5cccc6ccccc56)ccc4c3c2)cc1. The predicted octanol–water partition coefficient (Wildman–Crippen LogP) is 14.5. The van der Waals surface area contributed by atoms with Gasteiger partial charge in [0.2, 0.25) is 0 Å². The molecule has 0 N–H and O–H groups in total. The van der Waals surface area contributed by atoms with Gasteiger partial charge >= 0.3 is 0 Å². The van der Waals surface area contributed by atoms with Crippen LogP contribution < -0.4 is 9.80 Å². The zero-order valence-corrected chi connectivity index (χ0v) is 28.7. The summed E-state index contributed by atoms with van der Waals surface area (Å²) >= 11 is 3.73. The average molecular weight is 675 g/mol. The van der Waals surface area contributed by atoms with Crippen molar-refractivity contribution in [2.45, 2.75) is 0 Å². The van der Waals surface area contributed by atoms with E-state index < -0.39 is 0 Å². The maximum Gasteiger partial charge on any atom is 0.0540 e. The minimum Gasteiger partial charge on any atom is -0.310 e. The molecule has 0 spiro atoms. The lowest BCUT2D eigenvalue weighted by molar-refractivity contribution is 1.29. The van der Waals surface area contributed by atoms with Crippen LogP contribution >= 0.6 is 22.7 Å². The van der Waals surface area contributed by atoms with Crippen molar-refractivity contribution in [3.63, 3.8) is 0 Å². The molecule has 0 unspecified atom stereocenters. The Bertz CT molecular complexity index is 2790. The number of hydrogen-bond donors (Lipinski definition) is 0. The van der Waals surface area contributed by atoms with Crippen LogP contribution in [-0.4, -0.2) is 0 Å². The molecule has 8 aromatic carbocycles. The van der Waals surface area contributed by atoms with Crippen LogP contribution in [0.15, 0.2) is 182 Å². The van der Waals surface area contributed by atoms with Crippen molar-refractivity contribution in [1.82, 2.24) is 0 Å². The first-order valence-electron chi connectivity index (χ1n) is 16.8. The number of fused-ring (bicyclic) bond motifs is 7. The predicted molar refractivity (Wildman–Crippen MR) is 219 cm³/mol. The van der Waals surface area contributed by atoms with Crippen LogP contribution in [0.2, 0.25) is 0 Å². The van der Waals surface area contributed by atoms with Gasteiger partial charge in [0.25, 0.3) is 0 Å². The van der Waals surface area contributed by atoms with Crippen molar-refractivity contribution < 1.29 is 0 Å². The van der Waals surface area contributed by atoms with Gasteiger partial charge in [-0.15, -0.1) is 22.7 Å². The topological polar surface area (TPSA) is 6.48 Å². The lowest BCUT2D eigenvalue weighted by Gasteiger charge is -2.27. The van der Waals surface area contributed by atoms with Crippen LogP contribution in [0.25, 0.3) is 51.1 Å². The van der Waals surface area contributed by atoms with Crippen LogP contribution in [0.1, 0.15) is 0 Å². The van der Waals surface area contributed by atoms with Crippen LogP contribution in [0.5, 0.6) is 0 Å². The quantitative estimate of drug-likeness (QED) is 0.173. The van der Waals surface area contributed by atoms with Crippen LogP contribution in [0, 0.1) is 0 Å². The average Bonchev–Trinajstić information content (AvgIpc) is 3.73. The highest BCUT2D eigenvalue weighted by molar-refractivity contribution is 7.26. The molecule has 236 valence electrons. The van der Waals surface area contributed by atoms with E-state index in [4.69, 9.17) is 0 Å². The van der Waals surface area contributed by atoms with Gasteiger partial charge in [-0.3, -0.25) is 0 Å². The van der Waals surface area contributed by atoms with Gasteiger partial charge in [0, 0.05) is 74.2 Å². The van der Waals surface area contributed by atoms with Gasteiger partial charge in [-0.1, -0.05) is 103 Å². The van der Waals surface area contributed by atoms with Crippen molar-refractivity contribution >= 4 is 108 Å². The molecule has 2 nitrogen and oxygen atoms in total. The minimum absolute atomic E-state index is 1.14. The molecule has 4 heteroatoms. The maximum atomic E-state index is 2.44. The summed E-state index contributed by atoms with van der Waals surface area (Å²) in [6.45, 7) is 0. The van der Waals surface area contributed by atoms with Crippen molar-refractivity contribution in [3.05, 3.63) is 182 Å². The Hall–Kier alpha value is -5.94. The Morgan fingerprint density at radius 3 is 1.48 bits per heavy atom. The summed E-state index contributed by atoms with van der Waals surface area (Å²) < 4.78 is 5.17. The summed E-state index contributed by atoms with van der Waals surface area (Å²) in [6.07, 6.45) is 0. The second-order valence-corrected chi connectivity index (χ2v) is 14.7. The molecule has 10 rings (SSSR count). The molecular weight excluding hydrogens is 645 g/mol. The fraction of sp³-hybridized carbons (Fsp3) is 0. The fourth-order valence-corrected chi connectivity index (χ4v) is 9.58.